The molecule has 0 saturated heterocycles. The molecule has 0 atom stereocenters. The van der Waals surface area contributed by atoms with E-state index in [9.17, 15) is 9.59 Å². The highest BCUT2D eigenvalue weighted by molar-refractivity contribution is 5.66. The highest BCUT2D eigenvalue weighted by atomic mass is 16.4. The van der Waals surface area contributed by atoms with Gasteiger partial charge in [-0.3, -0.25) is 9.59 Å². The highest BCUT2D eigenvalue weighted by Crippen LogP contribution is 2.19. The minimum atomic E-state index is -0.692. The summed E-state index contributed by atoms with van der Waals surface area (Å²) in [7, 11) is 0. The van der Waals surface area contributed by atoms with Gasteiger partial charge in [0.2, 0.25) is 0 Å². The maximum Gasteiger partial charge on any atom is 0.303 e. The van der Waals surface area contributed by atoms with E-state index >= 15 is 0 Å². The molecule has 0 aromatic heterocycles. The average Bonchev–Trinajstić information content (AvgIpc) is 2.66. The molecule has 1 aromatic carbocycles. The van der Waals surface area contributed by atoms with Gasteiger partial charge < -0.3 is 10.2 Å². The third-order valence-corrected chi connectivity index (χ3v) is 5.35. The van der Waals surface area contributed by atoms with Gasteiger partial charge in [0.1, 0.15) is 0 Å². The SMILES string of the molecule is CCc1ccc(CCCCCCCC(=O)O)c(CCCCCCCC(=O)O)c1. The number of carbonyl (C=O) groups is 2. The van der Waals surface area contributed by atoms with Gasteiger partial charge in [-0.1, -0.05) is 63.6 Å². The molecule has 4 nitrogen and oxygen atoms in total. The van der Waals surface area contributed by atoms with Crippen molar-refractivity contribution in [1.29, 1.82) is 0 Å². The number of hydrogen-bond acceptors (Lipinski definition) is 2. The Morgan fingerprint density at radius 2 is 1.14 bits per heavy atom. The summed E-state index contributed by atoms with van der Waals surface area (Å²) in [6, 6.07) is 6.91. The van der Waals surface area contributed by atoms with E-state index in [2.05, 4.69) is 25.1 Å². The molecule has 0 aliphatic heterocycles. The second-order valence-electron chi connectivity index (χ2n) is 7.78. The first-order valence-corrected chi connectivity index (χ1v) is 11.1. The lowest BCUT2D eigenvalue weighted by atomic mass is 9.94. The van der Waals surface area contributed by atoms with E-state index in [0.717, 1.165) is 64.2 Å². The second kappa shape index (κ2) is 15.1. The molecule has 1 rings (SSSR count). The fourth-order valence-corrected chi connectivity index (χ4v) is 3.62. The van der Waals surface area contributed by atoms with Crippen LogP contribution in [0.4, 0.5) is 0 Å². The first-order chi connectivity index (χ1) is 13.5. The number of unbranched alkanes of at least 4 members (excludes halogenated alkanes) is 8. The zero-order valence-electron chi connectivity index (χ0n) is 17.5. The minimum absolute atomic E-state index is 0.291. The van der Waals surface area contributed by atoms with Crippen LogP contribution in [-0.2, 0) is 28.9 Å². The van der Waals surface area contributed by atoms with Crippen molar-refractivity contribution in [2.75, 3.05) is 0 Å². The van der Waals surface area contributed by atoms with Gasteiger partial charge in [0.25, 0.3) is 0 Å². The summed E-state index contributed by atoms with van der Waals surface area (Å²) >= 11 is 0. The van der Waals surface area contributed by atoms with Gasteiger partial charge in [-0.2, -0.15) is 0 Å². The first-order valence-electron chi connectivity index (χ1n) is 11.1. The smallest absolute Gasteiger partial charge is 0.303 e. The maximum atomic E-state index is 10.5. The van der Waals surface area contributed by atoms with Crippen LogP contribution in [-0.4, -0.2) is 22.2 Å². The van der Waals surface area contributed by atoms with Gasteiger partial charge in [-0.05, 0) is 61.6 Å². The molecule has 1 aromatic rings. The number of carboxylic acid groups (broad SMARTS) is 2. The molecule has 0 spiro atoms. The van der Waals surface area contributed by atoms with Crippen molar-refractivity contribution < 1.29 is 19.8 Å². The van der Waals surface area contributed by atoms with Crippen LogP contribution in [0.15, 0.2) is 18.2 Å². The lowest BCUT2D eigenvalue weighted by Crippen LogP contribution is -1.98. The van der Waals surface area contributed by atoms with Gasteiger partial charge in [0, 0.05) is 12.8 Å². The summed E-state index contributed by atoms with van der Waals surface area (Å²) < 4.78 is 0. The van der Waals surface area contributed by atoms with Crippen molar-refractivity contribution in [3.05, 3.63) is 34.9 Å². The van der Waals surface area contributed by atoms with Crippen LogP contribution in [0.5, 0.6) is 0 Å². The van der Waals surface area contributed by atoms with E-state index in [-0.39, 0.29) is 0 Å². The summed E-state index contributed by atoms with van der Waals surface area (Å²) in [4.78, 5) is 21.1. The Kier molecular flexibility index (Phi) is 13.1. The lowest BCUT2D eigenvalue weighted by Gasteiger charge is -2.12. The van der Waals surface area contributed by atoms with E-state index in [0.29, 0.717) is 12.8 Å². The molecule has 4 heteroatoms. The number of hydrogen-bond donors (Lipinski definition) is 2. The summed E-state index contributed by atoms with van der Waals surface area (Å²) in [5.74, 6) is -1.38. The van der Waals surface area contributed by atoms with Gasteiger partial charge in [0.05, 0.1) is 0 Å². The second-order valence-corrected chi connectivity index (χ2v) is 7.78. The fourth-order valence-electron chi connectivity index (χ4n) is 3.62. The van der Waals surface area contributed by atoms with Gasteiger partial charge in [-0.25, -0.2) is 0 Å². The minimum Gasteiger partial charge on any atom is -0.481 e. The maximum absolute atomic E-state index is 10.5. The predicted molar refractivity (Wildman–Crippen MR) is 114 cm³/mol. The molecule has 0 saturated carbocycles. The molecule has 0 heterocycles. The number of carboxylic acids is 2. The van der Waals surface area contributed by atoms with Crippen molar-refractivity contribution in [2.24, 2.45) is 0 Å². The Morgan fingerprint density at radius 3 is 1.64 bits per heavy atom. The van der Waals surface area contributed by atoms with Crippen LogP contribution < -0.4 is 0 Å². The number of aliphatic carboxylic acids is 2. The van der Waals surface area contributed by atoms with E-state index in [1.165, 1.54) is 36.0 Å². The quantitative estimate of drug-likeness (QED) is 0.311. The Labute approximate surface area is 170 Å². The molecule has 28 heavy (non-hydrogen) atoms. The zero-order chi connectivity index (χ0) is 20.6. The molecular weight excluding hydrogens is 352 g/mol. The van der Waals surface area contributed by atoms with Crippen molar-refractivity contribution in [2.45, 2.75) is 103 Å². The summed E-state index contributed by atoms with van der Waals surface area (Å²) in [5, 5.41) is 17.3. The normalized spacial score (nSPS) is 10.9. The number of benzene rings is 1. The molecule has 2 N–H and O–H groups in total. The van der Waals surface area contributed by atoms with Gasteiger partial charge >= 0.3 is 11.9 Å². The summed E-state index contributed by atoms with van der Waals surface area (Å²) in [5.41, 5.74) is 4.35. The summed E-state index contributed by atoms with van der Waals surface area (Å²) in [6.07, 6.45) is 14.4. The third-order valence-electron chi connectivity index (χ3n) is 5.35. The van der Waals surface area contributed by atoms with Gasteiger partial charge in [-0.15, -0.1) is 0 Å². The predicted octanol–water partition coefficient (Wildman–Crippen LogP) is 6.18. The molecule has 158 valence electrons. The standard InChI is InChI=1S/C24H38O4/c1-2-20-17-18-21(13-9-5-3-7-11-15-23(25)26)22(19-20)14-10-6-4-8-12-16-24(27)28/h17-19H,2-16H2,1H3,(H,25,26)(H,27,28). The number of aryl methyl sites for hydroxylation is 3. The van der Waals surface area contributed by atoms with Crippen LogP contribution in [0.2, 0.25) is 0 Å². The molecule has 0 aliphatic rings. The van der Waals surface area contributed by atoms with Crippen molar-refractivity contribution in [3.63, 3.8) is 0 Å². The van der Waals surface area contributed by atoms with Crippen LogP contribution in [0.3, 0.4) is 0 Å². The molecule has 0 aliphatic carbocycles. The average molecular weight is 391 g/mol. The first kappa shape index (κ1) is 24.2. The van der Waals surface area contributed by atoms with E-state index in [4.69, 9.17) is 10.2 Å². The van der Waals surface area contributed by atoms with Crippen molar-refractivity contribution >= 4 is 11.9 Å². The van der Waals surface area contributed by atoms with Crippen LogP contribution >= 0.6 is 0 Å². The molecular formula is C24H38O4. The fraction of sp³-hybridized carbons (Fsp3) is 0.667. The topological polar surface area (TPSA) is 74.6 Å². The molecule has 0 radical (unpaired) electrons. The molecule has 0 fully saturated rings. The lowest BCUT2D eigenvalue weighted by molar-refractivity contribution is -0.138. The summed E-state index contributed by atoms with van der Waals surface area (Å²) in [6.45, 7) is 2.19. The zero-order valence-corrected chi connectivity index (χ0v) is 17.5. The van der Waals surface area contributed by atoms with Crippen LogP contribution in [0.1, 0.15) is 101 Å². The van der Waals surface area contributed by atoms with E-state index in [1.54, 1.807) is 0 Å². The Hall–Kier alpha value is -1.84. The Balaban J connectivity index is 2.32. The van der Waals surface area contributed by atoms with Crippen molar-refractivity contribution in [1.82, 2.24) is 0 Å². The van der Waals surface area contributed by atoms with Gasteiger partial charge in [0.15, 0.2) is 0 Å². The van der Waals surface area contributed by atoms with Crippen molar-refractivity contribution in [3.8, 4) is 0 Å². The monoisotopic (exact) mass is 390 g/mol. The molecule has 0 amide bonds. The van der Waals surface area contributed by atoms with Crippen LogP contribution in [0, 0.1) is 0 Å². The van der Waals surface area contributed by atoms with Crippen LogP contribution in [0.25, 0.3) is 0 Å². The van der Waals surface area contributed by atoms with E-state index < -0.39 is 11.9 Å². The Bertz CT molecular complexity index is 580. The Morgan fingerprint density at radius 1 is 0.679 bits per heavy atom. The highest BCUT2D eigenvalue weighted by Gasteiger charge is 2.05. The largest absolute Gasteiger partial charge is 0.481 e. The number of rotatable bonds is 17. The van der Waals surface area contributed by atoms with E-state index in [1.807, 2.05) is 0 Å². The third kappa shape index (κ3) is 11.8. The molecule has 0 unspecified atom stereocenters. The molecule has 0 bridgehead atoms.